The third-order valence-corrected chi connectivity index (χ3v) is 4.66. The van der Waals surface area contributed by atoms with Crippen LogP contribution in [0.3, 0.4) is 0 Å². The Labute approximate surface area is 140 Å². The van der Waals surface area contributed by atoms with Gasteiger partial charge in [-0.25, -0.2) is 0 Å². The van der Waals surface area contributed by atoms with Crippen molar-refractivity contribution in [2.75, 3.05) is 13.1 Å². The summed E-state index contributed by atoms with van der Waals surface area (Å²) in [6, 6.07) is 9.06. The second-order valence-corrected chi connectivity index (χ2v) is 6.50. The molecular weight excluding hydrogens is 314 g/mol. The lowest BCUT2D eigenvalue weighted by molar-refractivity contribution is 0.0458. The molecule has 1 fully saturated rings. The molecule has 1 saturated heterocycles. The highest BCUT2D eigenvalue weighted by Crippen LogP contribution is 2.31. The summed E-state index contributed by atoms with van der Waals surface area (Å²) in [5, 5.41) is 18.0. The van der Waals surface area contributed by atoms with E-state index < -0.39 is 6.10 Å². The Bertz CT molecular complexity index is 675. The Balaban J connectivity index is 1.59. The maximum atomic E-state index is 12.4. The Morgan fingerprint density at radius 3 is 2.57 bits per heavy atom. The zero-order valence-corrected chi connectivity index (χ0v) is 13.8. The van der Waals surface area contributed by atoms with Crippen molar-refractivity contribution in [2.45, 2.75) is 25.9 Å². The van der Waals surface area contributed by atoms with Crippen LogP contribution in [-0.4, -0.2) is 39.2 Å². The number of benzene rings is 1. The summed E-state index contributed by atoms with van der Waals surface area (Å²) in [6.07, 6.45) is 1.04. The lowest BCUT2D eigenvalue weighted by Gasteiger charge is -2.34. The molecule has 23 heavy (non-hydrogen) atoms. The van der Waals surface area contributed by atoms with Crippen molar-refractivity contribution >= 4 is 17.5 Å². The van der Waals surface area contributed by atoms with Gasteiger partial charge in [-0.15, -0.1) is 0 Å². The number of aryl methyl sites for hydroxylation is 1. The summed E-state index contributed by atoms with van der Waals surface area (Å²) in [7, 11) is 0. The largest absolute Gasteiger partial charge is 0.388 e. The maximum absolute atomic E-state index is 12.4. The number of hydrogen-bond acceptors (Lipinski definition) is 3. The predicted molar refractivity (Wildman–Crippen MR) is 88.4 cm³/mol. The van der Waals surface area contributed by atoms with Gasteiger partial charge in [-0.05, 0) is 49.4 Å². The first-order chi connectivity index (χ1) is 11.0. The highest BCUT2D eigenvalue weighted by atomic mass is 35.5. The van der Waals surface area contributed by atoms with E-state index in [2.05, 4.69) is 10.2 Å². The molecule has 2 aromatic rings. The van der Waals surface area contributed by atoms with Crippen LogP contribution in [0, 0.1) is 12.8 Å². The van der Waals surface area contributed by atoms with Crippen LogP contribution in [0.4, 0.5) is 0 Å². The second kappa shape index (κ2) is 6.72. The Kier molecular flexibility index (Phi) is 4.68. The number of carbonyl (C=O) groups is 1. The molecule has 0 bridgehead atoms. The number of H-pyrrole nitrogens is 1. The normalized spacial score (nSPS) is 17.3. The van der Waals surface area contributed by atoms with Crippen molar-refractivity contribution in [3.05, 3.63) is 52.3 Å². The number of hydrogen-bond donors (Lipinski definition) is 2. The van der Waals surface area contributed by atoms with Gasteiger partial charge in [0.2, 0.25) is 0 Å². The molecule has 2 N–H and O–H groups in total. The van der Waals surface area contributed by atoms with Crippen LogP contribution in [0.1, 0.15) is 40.7 Å². The van der Waals surface area contributed by atoms with Crippen LogP contribution in [0.15, 0.2) is 30.3 Å². The molecule has 1 aromatic heterocycles. The predicted octanol–water partition coefficient (Wildman–Crippen LogP) is 2.96. The van der Waals surface area contributed by atoms with E-state index in [-0.39, 0.29) is 11.8 Å². The number of nitrogens with zero attached hydrogens (tertiary/aromatic N) is 2. The molecule has 1 aliphatic heterocycles. The molecule has 122 valence electrons. The van der Waals surface area contributed by atoms with Gasteiger partial charge in [0, 0.05) is 23.8 Å². The van der Waals surface area contributed by atoms with Gasteiger partial charge in [0.25, 0.3) is 5.91 Å². The average molecular weight is 334 g/mol. The second-order valence-electron chi connectivity index (χ2n) is 6.06. The van der Waals surface area contributed by atoms with Gasteiger partial charge in [0.15, 0.2) is 0 Å². The number of likely N-dealkylation sites (tertiary alicyclic amines) is 1. The number of carbonyl (C=O) groups excluding carboxylic acids is 1. The highest BCUT2D eigenvalue weighted by molar-refractivity contribution is 6.30. The molecule has 1 aromatic carbocycles. The topological polar surface area (TPSA) is 69.2 Å². The summed E-state index contributed by atoms with van der Waals surface area (Å²) in [5.74, 6) is 0.106. The highest BCUT2D eigenvalue weighted by Gasteiger charge is 2.29. The minimum absolute atomic E-state index is 0.0474. The van der Waals surface area contributed by atoms with Gasteiger partial charge in [0.1, 0.15) is 5.69 Å². The smallest absolute Gasteiger partial charge is 0.274 e. The van der Waals surface area contributed by atoms with E-state index in [4.69, 9.17) is 11.6 Å². The van der Waals surface area contributed by atoms with E-state index in [9.17, 15) is 9.90 Å². The number of aliphatic hydroxyl groups is 1. The fourth-order valence-electron chi connectivity index (χ4n) is 3.04. The van der Waals surface area contributed by atoms with E-state index in [1.807, 2.05) is 19.1 Å². The van der Waals surface area contributed by atoms with E-state index in [1.54, 1.807) is 23.1 Å². The number of piperidine rings is 1. The van der Waals surface area contributed by atoms with Gasteiger partial charge in [-0.1, -0.05) is 23.7 Å². The third-order valence-electron chi connectivity index (χ3n) is 4.41. The summed E-state index contributed by atoms with van der Waals surface area (Å²) in [4.78, 5) is 14.2. The van der Waals surface area contributed by atoms with E-state index in [0.717, 1.165) is 24.1 Å². The van der Waals surface area contributed by atoms with Gasteiger partial charge in [-0.3, -0.25) is 9.89 Å². The monoisotopic (exact) mass is 333 g/mol. The first-order valence-corrected chi connectivity index (χ1v) is 8.17. The number of aromatic nitrogens is 2. The Morgan fingerprint density at radius 1 is 1.35 bits per heavy atom. The zero-order valence-electron chi connectivity index (χ0n) is 13.0. The number of amides is 1. The lowest BCUT2D eigenvalue weighted by atomic mass is 9.87. The zero-order chi connectivity index (χ0) is 16.4. The van der Waals surface area contributed by atoms with Crippen molar-refractivity contribution in [2.24, 2.45) is 5.92 Å². The molecule has 6 heteroatoms. The molecule has 0 unspecified atom stereocenters. The van der Waals surface area contributed by atoms with Crippen LogP contribution in [0.5, 0.6) is 0 Å². The van der Waals surface area contributed by atoms with Crippen LogP contribution in [0.2, 0.25) is 5.02 Å². The van der Waals surface area contributed by atoms with Crippen molar-refractivity contribution in [1.82, 2.24) is 15.1 Å². The molecule has 1 atom stereocenters. The first kappa shape index (κ1) is 16.0. The van der Waals surface area contributed by atoms with Gasteiger partial charge < -0.3 is 10.0 Å². The van der Waals surface area contributed by atoms with E-state index in [1.165, 1.54) is 0 Å². The molecule has 0 spiro atoms. The fraction of sp³-hybridized carbons (Fsp3) is 0.412. The first-order valence-electron chi connectivity index (χ1n) is 7.79. The van der Waals surface area contributed by atoms with Crippen LogP contribution in [0.25, 0.3) is 0 Å². The lowest BCUT2D eigenvalue weighted by Crippen LogP contribution is -2.40. The molecule has 2 heterocycles. The number of halogens is 1. The Hall–Kier alpha value is -1.85. The average Bonchev–Trinajstić information content (AvgIpc) is 3.01. The van der Waals surface area contributed by atoms with Crippen molar-refractivity contribution in [3.63, 3.8) is 0 Å². The molecule has 0 aliphatic carbocycles. The van der Waals surface area contributed by atoms with Gasteiger partial charge in [-0.2, -0.15) is 5.10 Å². The van der Waals surface area contributed by atoms with Gasteiger partial charge in [0.05, 0.1) is 6.10 Å². The van der Waals surface area contributed by atoms with Crippen molar-refractivity contribution in [3.8, 4) is 0 Å². The summed E-state index contributed by atoms with van der Waals surface area (Å²) >= 11 is 5.88. The van der Waals surface area contributed by atoms with E-state index in [0.29, 0.717) is 23.8 Å². The van der Waals surface area contributed by atoms with Gasteiger partial charge >= 0.3 is 0 Å². The van der Waals surface area contributed by atoms with E-state index >= 15 is 0 Å². The molecule has 0 saturated carbocycles. The minimum atomic E-state index is -0.517. The summed E-state index contributed by atoms with van der Waals surface area (Å²) in [6.45, 7) is 3.15. The number of aromatic amines is 1. The van der Waals surface area contributed by atoms with Crippen LogP contribution in [-0.2, 0) is 0 Å². The summed E-state index contributed by atoms with van der Waals surface area (Å²) < 4.78 is 0. The maximum Gasteiger partial charge on any atom is 0.274 e. The molecule has 0 radical (unpaired) electrons. The standard InChI is InChI=1S/C17H20ClN3O2/c1-11-10-15(20-19-11)17(23)21-8-6-13(7-9-21)16(22)12-2-4-14(18)5-3-12/h2-5,10,13,16,22H,6-9H2,1H3,(H,19,20)/t16-/m0/s1. The molecule has 1 aliphatic rings. The third kappa shape index (κ3) is 3.57. The molecule has 1 amide bonds. The number of nitrogens with one attached hydrogen (secondary N) is 1. The number of rotatable bonds is 3. The molecular formula is C17H20ClN3O2. The van der Waals surface area contributed by atoms with Crippen LogP contribution >= 0.6 is 11.6 Å². The van der Waals surface area contributed by atoms with Crippen molar-refractivity contribution in [1.29, 1.82) is 0 Å². The fourth-order valence-corrected chi connectivity index (χ4v) is 3.17. The summed E-state index contributed by atoms with van der Waals surface area (Å²) in [5.41, 5.74) is 2.21. The van der Waals surface area contributed by atoms with Crippen molar-refractivity contribution < 1.29 is 9.90 Å². The Morgan fingerprint density at radius 2 is 2.00 bits per heavy atom. The number of aliphatic hydroxyl groups excluding tert-OH is 1. The SMILES string of the molecule is Cc1cc(C(=O)N2CCC([C@@H](O)c3ccc(Cl)cc3)CC2)n[nH]1. The molecule has 3 rings (SSSR count). The van der Waals surface area contributed by atoms with Crippen LogP contribution < -0.4 is 0 Å². The quantitative estimate of drug-likeness (QED) is 0.907. The minimum Gasteiger partial charge on any atom is -0.388 e. The molecule has 5 nitrogen and oxygen atoms in total.